The topological polar surface area (TPSA) is 119 Å². The Hall–Kier alpha value is -4.29. The molecule has 34 heavy (non-hydrogen) atoms. The molecule has 0 bridgehead atoms. The first kappa shape index (κ1) is 21.6. The highest BCUT2D eigenvalue weighted by Crippen LogP contribution is 2.45. The largest absolute Gasteiger partial charge is 0.321 e. The maximum absolute atomic E-state index is 13.6. The van der Waals surface area contributed by atoms with Crippen molar-refractivity contribution < 1.29 is 14.4 Å². The van der Waals surface area contributed by atoms with Crippen LogP contribution in [0, 0.1) is 11.3 Å². The first-order valence-corrected chi connectivity index (χ1v) is 10.8. The molecule has 0 spiro atoms. The lowest BCUT2D eigenvalue weighted by atomic mass is 9.94. The van der Waals surface area contributed by atoms with Crippen molar-refractivity contribution in [1.29, 1.82) is 5.26 Å². The predicted molar refractivity (Wildman–Crippen MR) is 124 cm³/mol. The van der Waals surface area contributed by atoms with Crippen molar-refractivity contribution >= 4 is 40.7 Å². The fourth-order valence-electron chi connectivity index (χ4n) is 4.50. The SMILES string of the molecule is CN1C(=O)c2ccc(-c3ccc(C#N)nc3)cc2N2C(=O)CCC12C(=O)Nc1cncc(Cl)c1. The smallest absolute Gasteiger partial charge is 0.271 e. The summed E-state index contributed by atoms with van der Waals surface area (Å²) in [6.07, 6.45) is 4.66. The number of nitrogens with one attached hydrogen (secondary N) is 1. The molecule has 10 heteroatoms. The van der Waals surface area contributed by atoms with Crippen LogP contribution in [0.15, 0.2) is 55.0 Å². The third-order valence-electron chi connectivity index (χ3n) is 6.17. The summed E-state index contributed by atoms with van der Waals surface area (Å²) in [6.45, 7) is 0. The van der Waals surface area contributed by atoms with Gasteiger partial charge >= 0.3 is 0 Å². The van der Waals surface area contributed by atoms with E-state index in [4.69, 9.17) is 16.9 Å². The van der Waals surface area contributed by atoms with Gasteiger partial charge in [0, 0.05) is 37.8 Å². The van der Waals surface area contributed by atoms with Crippen molar-refractivity contribution in [1.82, 2.24) is 14.9 Å². The third-order valence-corrected chi connectivity index (χ3v) is 6.38. The Labute approximate surface area is 199 Å². The molecule has 1 unspecified atom stereocenters. The Morgan fingerprint density at radius 2 is 1.94 bits per heavy atom. The summed E-state index contributed by atoms with van der Waals surface area (Å²) in [7, 11) is 1.52. The van der Waals surface area contributed by atoms with Crippen LogP contribution in [0.1, 0.15) is 28.9 Å². The highest BCUT2D eigenvalue weighted by atomic mass is 35.5. The number of fused-ring (bicyclic) bond motifs is 3. The minimum absolute atomic E-state index is 0.0981. The number of hydrogen-bond acceptors (Lipinski definition) is 6. The maximum Gasteiger partial charge on any atom is 0.271 e. The molecule has 5 rings (SSSR count). The molecule has 1 saturated heterocycles. The number of hydrogen-bond donors (Lipinski definition) is 1. The normalized spacial score (nSPS) is 18.9. The molecular weight excluding hydrogens is 456 g/mol. The fourth-order valence-corrected chi connectivity index (χ4v) is 4.67. The quantitative estimate of drug-likeness (QED) is 0.625. The van der Waals surface area contributed by atoms with E-state index in [0.717, 1.165) is 0 Å². The zero-order valence-electron chi connectivity index (χ0n) is 17.9. The van der Waals surface area contributed by atoms with Crippen LogP contribution in [0.2, 0.25) is 5.02 Å². The van der Waals surface area contributed by atoms with Crippen molar-refractivity contribution in [2.45, 2.75) is 18.5 Å². The first-order valence-electron chi connectivity index (χ1n) is 10.4. The molecule has 168 valence electrons. The number of aromatic nitrogens is 2. The van der Waals surface area contributed by atoms with E-state index in [1.165, 1.54) is 29.2 Å². The molecule has 2 aliphatic rings. The van der Waals surface area contributed by atoms with Gasteiger partial charge in [0.15, 0.2) is 0 Å². The van der Waals surface area contributed by atoms with Crippen molar-refractivity contribution in [3.8, 4) is 17.2 Å². The zero-order valence-corrected chi connectivity index (χ0v) is 18.7. The lowest BCUT2D eigenvalue weighted by molar-refractivity contribution is -0.128. The molecule has 0 saturated carbocycles. The molecule has 1 aromatic carbocycles. The lowest BCUT2D eigenvalue weighted by Gasteiger charge is -2.47. The van der Waals surface area contributed by atoms with E-state index in [9.17, 15) is 14.4 Å². The highest BCUT2D eigenvalue weighted by molar-refractivity contribution is 6.30. The van der Waals surface area contributed by atoms with Gasteiger partial charge in [0.05, 0.1) is 28.2 Å². The Morgan fingerprint density at radius 3 is 2.65 bits per heavy atom. The second kappa shape index (κ2) is 7.93. The van der Waals surface area contributed by atoms with E-state index >= 15 is 0 Å². The fraction of sp³-hybridized carbons (Fsp3) is 0.167. The number of nitrogens with zero attached hydrogens (tertiary/aromatic N) is 5. The molecule has 3 amide bonds. The first-order chi connectivity index (χ1) is 16.3. The van der Waals surface area contributed by atoms with E-state index in [2.05, 4.69) is 15.3 Å². The van der Waals surface area contributed by atoms with Crippen LogP contribution in [0.25, 0.3) is 11.1 Å². The number of halogens is 1. The third kappa shape index (κ3) is 3.19. The Bertz CT molecular complexity index is 1400. The summed E-state index contributed by atoms with van der Waals surface area (Å²) < 4.78 is 0. The van der Waals surface area contributed by atoms with Gasteiger partial charge in [-0.05, 0) is 35.9 Å². The number of nitriles is 1. The van der Waals surface area contributed by atoms with Crippen LogP contribution in [0.3, 0.4) is 0 Å². The standard InChI is InChI=1S/C24H17ClN6O3/c1-30-22(33)19-5-3-14(15-2-4-17(10-26)28-11-15)8-20(19)31-21(32)6-7-24(30,31)23(34)29-18-9-16(25)12-27-13-18/h2-5,8-9,11-13H,6-7H2,1H3,(H,29,34). The van der Waals surface area contributed by atoms with Crippen LogP contribution in [0.5, 0.6) is 0 Å². The van der Waals surface area contributed by atoms with Gasteiger partial charge in [0.2, 0.25) is 11.6 Å². The number of amides is 3. The predicted octanol–water partition coefficient (Wildman–Crippen LogP) is 3.22. The second-order valence-electron chi connectivity index (χ2n) is 8.03. The average Bonchev–Trinajstić information content (AvgIpc) is 3.21. The minimum Gasteiger partial charge on any atom is -0.321 e. The van der Waals surface area contributed by atoms with E-state index in [1.54, 1.807) is 42.6 Å². The van der Waals surface area contributed by atoms with Gasteiger partial charge in [-0.25, -0.2) is 4.98 Å². The summed E-state index contributed by atoms with van der Waals surface area (Å²) in [6, 6.07) is 11.9. The Balaban J connectivity index is 1.61. The van der Waals surface area contributed by atoms with Crippen LogP contribution in [0.4, 0.5) is 11.4 Å². The average molecular weight is 473 g/mol. The summed E-state index contributed by atoms with van der Waals surface area (Å²) in [5, 5.41) is 12.1. The lowest BCUT2D eigenvalue weighted by Crippen LogP contribution is -2.68. The number of rotatable bonds is 3. The molecule has 2 aliphatic heterocycles. The van der Waals surface area contributed by atoms with Crippen LogP contribution in [-0.2, 0) is 9.59 Å². The van der Waals surface area contributed by atoms with Crippen LogP contribution in [-0.4, -0.2) is 45.3 Å². The zero-order chi connectivity index (χ0) is 24.0. The van der Waals surface area contributed by atoms with Crippen molar-refractivity contribution in [3.63, 3.8) is 0 Å². The van der Waals surface area contributed by atoms with Gasteiger partial charge in [-0.3, -0.25) is 24.3 Å². The van der Waals surface area contributed by atoms with Gasteiger partial charge < -0.3 is 10.2 Å². The minimum atomic E-state index is -1.54. The number of pyridine rings is 2. The molecule has 3 aromatic rings. The van der Waals surface area contributed by atoms with Gasteiger partial charge in [-0.2, -0.15) is 5.26 Å². The van der Waals surface area contributed by atoms with E-state index in [-0.39, 0.29) is 30.3 Å². The molecule has 9 nitrogen and oxygen atoms in total. The van der Waals surface area contributed by atoms with E-state index in [1.807, 2.05) is 6.07 Å². The second-order valence-corrected chi connectivity index (χ2v) is 8.47. The van der Waals surface area contributed by atoms with Gasteiger partial charge in [-0.15, -0.1) is 0 Å². The summed E-state index contributed by atoms with van der Waals surface area (Å²) in [5.41, 5.74) is 1.17. The van der Waals surface area contributed by atoms with Crippen molar-refractivity contribution in [2.75, 3.05) is 17.3 Å². The molecule has 1 atom stereocenters. The molecule has 0 aliphatic carbocycles. The van der Waals surface area contributed by atoms with Gasteiger partial charge in [-0.1, -0.05) is 17.7 Å². The van der Waals surface area contributed by atoms with Crippen LogP contribution < -0.4 is 10.2 Å². The Kier molecular flexibility index (Phi) is 5.03. The number of anilines is 2. The monoisotopic (exact) mass is 472 g/mol. The van der Waals surface area contributed by atoms with Crippen LogP contribution >= 0.6 is 11.6 Å². The highest BCUT2D eigenvalue weighted by Gasteiger charge is 2.59. The molecule has 1 N–H and O–H groups in total. The summed E-state index contributed by atoms with van der Waals surface area (Å²) >= 11 is 5.99. The summed E-state index contributed by atoms with van der Waals surface area (Å²) in [5.74, 6) is -1.17. The number of likely N-dealkylation sites (N-methyl/N-ethyl adjacent to an activating group) is 1. The molecule has 2 aromatic heterocycles. The summed E-state index contributed by atoms with van der Waals surface area (Å²) in [4.78, 5) is 50.8. The van der Waals surface area contributed by atoms with Crippen molar-refractivity contribution in [3.05, 3.63) is 71.3 Å². The molecule has 4 heterocycles. The maximum atomic E-state index is 13.6. The number of benzene rings is 1. The molecular formula is C24H17ClN6O3. The van der Waals surface area contributed by atoms with Crippen molar-refractivity contribution in [2.24, 2.45) is 0 Å². The van der Waals surface area contributed by atoms with E-state index < -0.39 is 11.6 Å². The number of carbonyl (C=O) groups is 3. The molecule has 1 fully saturated rings. The van der Waals surface area contributed by atoms with E-state index in [0.29, 0.717) is 33.1 Å². The molecule has 0 radical (unpaired) electrons. The number of carbonyl (C=O) groups excluding carboxylic acids is 3. The van der Waals surface area contributed by atoms with Gasteiger partial charge in [0.25, 0.3) is 11.8 Å². The van der Waals surface area contributed by atoms with Gasteiger partial charge in [0.1, 0.15) is 11.8 Å². The Morgan fingerprint density at radius 1 is 1.15 bits per heavy atom.